The number of ether oxygens (including phenoxy) is 2. The van der Waals surface area contributed by atoms with Gasteiger partial charge >= 0.3 is 0 Å². The SMILES string of the molecule is CCCC(=O)[C@@]12OC(CCC)O[C@@H]1C[C@H]1[C@@H]3C[C@H](F)C4=CC(=O)C=C[C@]4(C)[C@@]3(F)[C@@H](O)C[C@@]12C. The molecule has 5 aliphatic rings. The number of fused-ring (bicyclic) bond motifs is 7. The van der Waals surface area contributed by atoms with Crippen LogP contribution in [0.1, 0.15) is 72.6 Å². The largest absolute Gasteiger partial charge is 0.390 e. The number of allylic oxidation sites excluding steroid dienone is 4. The third kappa shape index (κ3) is 2.75. The first-order chi connectivity index (χ1) is 16.0. The van der Waals surface area contributed by atoms with Gasteiger partial charge in [-0.2, -0.15) is 0 Å². The van der Waals surface area contributed by atoms with Crippen LogP contribution < -0.4 is 0 Å². The fourth-order valence-corrected chi connectivity index (χ4v) is 8.30. The van der Waals surface area contributed by atoms with Gasteiger partial charge in [0.25, 0.3) is 0 Å². The molecule has 4 fully saturated rings. The van der Waals surface area contributed by atoms with Gasteiger partial charge in [0, 0.05) is 23.2 Å². The van der Waals surface area contributed by atoms with Gasteiger partial charge in [-0.3, -0.25) is 9.59 Å². The van der Waals surface area contributed by atoms with Crippen molar-refractivity contribution in [2.45, 2.75) is 109 Å². The van der Waals surface area contributed by atoms with E-state index in [1.807, 2.05) is 20.8 Å². The standard InChI is InChI=1S/C27H36F2O5/c1-5-7-20(31)27-22(33-23(34-27)8-6-2)13-16-17-12-19(28)18-11-15(30)9-10-24(18,3)26(17,29)21(32)14-25(16,27)4/h9-11,16-17,19,21-23,32H,5-8,12-14H2,1-4H3/t16-,17-,19-,21-,22+,23?,24-,25-,26-,27+/m0/s1. The van der Waals surface area contributed by atoms with Crippen molar-refractivity contribution < 1.29 is 33.0 Å². The van der Waals surface area contributed by atoms with Crippen LogP contribution >= 0.6 is 0 Å². The highest BCUT2D eigenvalue weighted by atomic mass is 19.1. The summed E-state index contributed by atoms with van der Waals surface area (Å²) < 4.78 is 45.6. The van der Waals surface area contributed by atoms with E-state index in [9.17, 15) is 14.7 Å². The fourth-order valence-electron chi connectivity index (χ4n) is 8.30. The number of aliphatic hydroxyl groups excluding tert-OH is 1. The molecule has 10 atom stereocenters. The summed E-state index contributed by atoms with van der Waals surface area (Å²) in [7, 11) is 0. The van der Waals surface area contributed by atoms with Crippen LogP contribution in [-0.4, -0.2) is 52.6 Å². The van der Waals surface area contributed by atoms with Crippen LogP contribution in [0.5, 0.6) is 0 Å². The molecule has 34 heavy (non-hydrogen) atoms. The lowest BCUT2D eigenvalue weighted by Crippen LogP contribution is -2.70. The molecular weight excluding hydrogens is 442 g/mol. The molecule has 0 aromatic carbocycles. The van der Waals surface area contributed by atoms with Crippen LogP contribution in [0.25, 0.3) is 0 Å². The van der Waals surface area contributed by atoms with Crippen LogP contribution in [0.15, 0.2) is 23.8 Å². The summed E-state index contributed by atoms with van der Waals surface area (Å²) in [6, 6.07) is 0. The average molecular weight is 479 g/mol. The number of alkyl halides is 2. The van der Waals surface area contributed by atoms with Gasteiger partial charge in [-0.25, -0.2) is 8.78 Å². The van der Waals surface area contributed by atoms with Crippen molar-refractivity contribution in [2.75, 3.05) is 0 Å². The maximum atomic E-state index is 17.3. The Labute approximate surface area is 199 Å². The van der Waals surface area contributed by atoms with E-state index in [1.165, 1.54) is 18.2 Å². The van der Waals surface area contributed by atoms with Gasteiger partial charge in [0.15, 0.2) is 29.1 Å². The van der Waals surface area contributed by atoms with Crippen LogP contribution in [0.4, 0.5) is 8.78 Å². The Hall–Kier alpha value is -1.44. The highest BCUT2D eigenvalue weighted by Gasteiger charge is 2.79. The molecule has 0 spiro atoms. The molecule has 0 bridgehead atoms. The lowest BCUT2D eigenvalue weighted by molar-refractivity contribution is -0.234. The van der Waals surface area contributed by atoms with E-state index in [0.717, 1.165) is 6.42 Å². The summed E-state index contributed by atoms with van der Waals surface area (Å²) in [5.41, 5.74) is -5.66. The lowest BCUT2D eigenvalue weighted by atomic mass is 9.44. The van der Waals surface area contributed by atoms with Crippen molar-refractivity contribution in [3.05, 3.63) is 23.8 Å². The normalized spacial score (nSPS) is 51.4. The number of hydrogen-bond acceptors (Lipinski definition) is 5. The number of carbonyl (C=O) groups excluding carboxylic acids is 2. The van der Waals surface area contributed by atoms with Crippen molar-refractivity contribution in [1.29, 1.82) is 0 Å². The maximum absolute atomic E-state index is 17.3. The second-order valence-corrected chi connectivity index (χ2v) is 11.5. The summed E-state index contributed by atoms with van der Waals surface area (Å²) in [6.07, 6.45) is 2.60. The molecule has 0 aromatic heterocycles. The Balaban J connectivity index is 1.61. The third-order valence-corrected chi connectivity index (χ3v) is 9.84. The van der Waals surface area contributed by atoms with Crippen LogP contribution in [0, 0.1) is 22.7 Å². The van der Waals surface area contributed by atoms with Crippen molar-refractivity contribution in [3.63, 3.8) is 0 Å². The van der Waals surface area contributed by atoms with E-state index < -0.39 is 58.6 Å². The van der Waals surface area contributed by atoms with Gasteiger partial charge in [-0.15, -0.1) is 0 Å². The summed E-state index contributed by atoms with van der Waals surface area (Å²) in [6.45, 7) is 7.45. The number of rotatable bonds is 5. The Kier molecular flexibility index (Phi) is 5.55. The van der Waals surface area contributed by atoms with Crippen molar-refractivity contribution >= 4 is 11.6 Å². The van der Waals surface area contributed by atoms with Crippen molar-refractivity contribution in [3.8, 4) is 0 Å². The molecule has 1 N–H and O–H groups in total. The first kappa shape index (κ1) is 24.3. The Morgan fingerprint density at radius 3 is 2.62 bits per heavy atom. The zero-order chi connectivity index (χ0) is 24.7. The number of ketones is 2. The third-order valence-electron chi connectivity index (χ3n) is 9.84. The molecule has 1 saturated heterocycles. The minimum absolute atomic E-state index is 0.0143. The quantitative estimate of drug-likeness (QED) is 0.627. The molecule has 0 aromatic rings. The van der Waals surface area contributed by atoms with Gasteiger partial charge < -0.3 is 14.6 Å². The van der Waals surface area contributed by atoms with Gasteiger partial charge in [0.2, 0.25) is 0 Å². The summed E-state index contributed by atoms with van der Waals surface area (Å²) in [5, 5.41) is 11.5. The topological polar surface area (TPSA) is 72.8 Å². The van der Waals surface area contributed by atoms with Gasteiger partial charge in [0.05, 0.1) is 12.2 Å². The molecule has 1 unspecified atom stereocenters. The number of halogens is 2. The molecule has 1 aliphatic heterocycles. The second kappa shape index (κ2) is 7.78. The van der Waals surface area contributed by atoms with Crippen molar-refractivity contribution in [2.24, 2.45) is 22.7 Å². The van der Waals surface area contributed by atoms with Gasteiger partial charge in [-0.1, -0.05) is 33.3 Å². The molecule has 4 aliphatic carbocycles. The Morgan fingerprint density at radius 1 is 1.21 bits per heavy atom. The molecule has 0 radical (unpaired) electrons. The first-order valence-electron chi connectivity index (χ1n) is 12.8. The second-order valence-electron chi connectivity index (χ2n) is 11.5. The molecule has 5 rings (SSSR count). The van der Waals surface area contributed by atoms with Crippen LogP contribution in [0.3, 0.4) is 0 Å². The highest BCUT2D eigenvalue weighted by Crippen LogP contribution is 2.72. The smallest absolute Gasteiger partial charge is 0.178 e. The predicted molar refractivity (Wildman–Crippen MR) is 121 cm³/mol. The molecule has 5 nitrogen and oxygen atoms in total. The number of Topliss-reactive ketones (excluding diaryl/α,β-unsaturated/α-hetero) is 1. The summed E-state index contributed by atoms with van der Waals surface area (Å²) >= 11 is 0. The molecule has 7 heteroatoms. The molecule has 0 amide bonds. The molecule has 3 saturated carbocycles. The number of carbonyl (C=O) groups is 2. The minimum Gasteiger partial charge on any atom is -0.390 e. The Morgan fingerprint density at radius 2 is 1.94 bits per heavy atom. The molecule has 1 heterocycles. The van der Waals surface area contributed by atoms with E-state index in [-0.39, 0.29) is 30.0 Å². The summed E-state index contributed by atoms with van der Waals surface area (Å²) in [5.74, 6) is -1.68. The number of aliphatic hydroxyl groups is 1. The zero-order valence-corrected chi connectivity index (χ0v) is 20.5. The van der Waals surface area contributed by atoms with Crippen molar-refractivity contribution in [1.82, 2.24) is 0 Å². The molecular formula is C27H36F2O5. The van der Waals surface area contributed by atoms with Gasteiger partial charge in [0.1, 0.15) is 6.17 Å². The lowest BCUT2D eigenvalue weighted by Gasteiger charge is -2.63. The van der Waals surface area contributed by atoms with Crippen LogP contribution in [0.2, 0.25) is 0 Å². The average Bonchev–Trinajstić information content (AvgIpc) is 3.25. The fraction of sp³-hybridized carbons (Fsp3) is 0.778. The van der Waals surface area contributed by atoms with E-state index in [2.05, 4.69) is 0 Å². The minimum atomic E-state index is -2.17. The number of hydrogen-bond donors (Lipinski definition) is 1. The summed E-state index contributed by atoms with van der Waals surface area (Å²) in [4.78, 5) is 25.7. The van der Waals surface area contributed by atoms with Crippen LogP contribution in [-0.2, 0) is 19.1 Å². The van der Waals surface area contributed by atoms with E-state index in [1.54, 1.807) is 6.92 Å². The Bertz CT molecular complexity index is 963. The first-order valence-corrected chi connectivity index (χ1v) is 12.8. The molecule has 188 valence electrons. The van der Waals surface area contributed by atoms with E-state index in [0.29, 0.717) is 25.7 Å². The predicted octanol–water partition coefficient (Wildman–Crippen LogP) is 4.56. The van der Waals surface area contributed by atoms with E-state index in [4.69, 9.17) is 9.47 Å². The van der Waals surface area contributed by atoms with Gasteiger partial charge in [-0.05, 0) is 62.7 Å². The maximum Gasteiger partial charge on any atom is 0.178 e. The monoisotopic (exact) mass is 478 g/mol. The zero-order valence-electron chi connectivity index (χ0n) is 20.5. The highest BCUT2D eigenvalue weighted by molar-refractivity contribution is 6.01. The van der Waals surface area contributed by atoms with E-state index >= 15 is 8.78 Å².